The Hall–Kier alpha value is -4.75. The largest absolute Gasteiger partial charge is 0.269 e. The molecule has 0 spiro atoms. The molecule has 1 aromatic heterocycles. The molecule has 0 aliphatic heterocycles. The smallest absolute Gasteiger partial charge is 0.261 e. The number of aryl methyl sites for hydroxylation is 1. The fourth-order valence-corrected chi connectivity index (χ4v) is 6.42. The molecule has 7 rings (SSSR count). The summed E-state index contributed by atoms with van der Waals surface area (Å²) in [6.07, 6.45) is 9.86. The van der Waals surface area contributed by atoms with Crippen molar-refractivity contribution >= 4 is 0 Å². The second-order valence-electron chi connectivity index (χ2n) is 12.0. The van der Waals surface area contributed by atoms with Crippen molar-refractivity contribution in [2.75, 3.05) is 0 Å². The number of nitrogens with zero attached hydrogens (tertiary/aromatic N) is 3. The molecule has 0 atom stereocenters. The van der Waals surface area contributed by atoms with Gasteiger partial charge in [-0.05, 0) is 79.0 Å². The molecule has 2 fully saturated rings. The summed E-state index contributed by atoms with van der Waals surface area (Å²) in [5, 5.41) is 9.40. The monoisotopic (exact) mass is 577 g/mol. The zero-order valence-electron chi connectivity index (χ0n) is 25.5. The molecule has 4 aromatic carbocycles. The van der Waals surface area contributed by atoms with E-state index in [0.29, 0.717) is 17.9 Å². The molecule has 0 N–H and O–H groups in total. The van der Waals surface area contributed by atoms with Gasteiger partial charge in [-0.15, -0.1) is 0 Å². The van der Waals surface area contributed by atoms with Crippen molar-refractivity contribution in [1.29, 1.82) is 5.26 Å². The van der Waals surface area contributed by atoms with Crippen LogP contribution >= 0.6 is 0 Å². The number of aromatic nitrogens is 2. The average Bonchev–Trinajstić information content (AvgIpc) is 3.94. The lowest BCUT2D eigenvalue weighted by atomic mass is 9.84. The normalized spacial score (nSPS) is 14.7. The number of hydrogen-bond acceptors (Lipinski definition) is 3. The van der Waals surface area contributed by atoms with Gasteiger partial charge in [-0.2, -0.15) is 5.26 Å². The molecule has 2 saturated carbocycles. The van der Waals surface area contributed by atoms with E-state index < -0.39 is 0 Å². The van der Waals surface area contributed by atoms with Gasteiger partial charge >= 0.3 is 0 Å². The van der Waals surface area contributed by atoms with E-state index >= 15 is 0 Å². The van der Waals surface area contributed by atoms with E-state index in [1.807, 2.05) is 85.8 Å². The van der Waals surface area contributed by atoms with Crippen molar-refractivity contribution in [3.8, 4) is 22.9 Å². The Morgan fingerprint density at radius 2 is 1.39 bits per heavy atom. The molecule has 4 nitrogen and oxygen atoms in total. The first-order chi connectivity index (χ1) is 21.6. The highest BCUT2D eigenvalue weighted by Crippen LogP contribution is 2.40. The van der Waals surface area contributed by atoms with Gasteiger partial charge in [-0.3, -0.25) is 9.36 Å². The standard InChI is InChI=1S/C28H23N3O.C12H16/c1-19-30-27(22-15-16-22)26(28(32)31(19)24-8-3-2-4-9-24)17-20-11-13-21(14-12-20)25-10-6-5-7-23(25)18-29;1-3-7-11(8-4-1)12-9-5-2-6-10-12/h2-14,22H,15-17H2,1H3;1,3-4,7-8,12H,2,5-6,9-10H2. The summed E-state index contributed by atoms with van der Waals surface area (Å²) >= 11 is 0. The van der Waals surface area contributed by atoms with E-state index in [0.717, 1.165) is 58.2 Å². The van der Waals surface area contributed by atoms with E-state index in [9.17, 15) is 10.1 Å². The Bertz CT molecular complexity index is 1790. The molecule has 0 unspecified atom stereocenters. The summed E-state index contributed by atoms with van der Waals surface area (Å²) in [5.74, 6) is 1.99. The van der Waals surface area contributed by atoms with Gasteiger partial charge in [0.25, 0.3) is 5.56 Å². The summed E-state index contributed by atoms with van der Waals surface area (Å²) in [7, 11) is 0. The van der Waals surface area contributed by atoms with Crippen molar-refractivity contribution in [1.82, 2.24) is 9.55 Å². The highest BCUT2D eigenvalue weighted by Gasteiger charge is 2.30. The summed E-state index contributed by atoms with van der Waals surface area (Å²) in [5.41, 5.74) is 7.79. The Morgan fingerprint density at radius 1 is 0.750 bits per heavy atom. The molecule has 0 saturated heterocycles. The number of rotatable bonds is 6. The van der Waals surface area contributed by atoms with Crippen LogP contribution in [0.25, 0.3) is 16.8 Å². The molecular weight excluding hydrogens is 538 g/mol. The molecule has 2 aliphatic rings. The fraction of sp³-hybridized carbons (Fsp3) is 0.275. The number of nitriles is 1. The highest BCUT2D eigenvalue weighted by atomic mass is 16.1. The lowest BCUT2D eigenvalue weighted by molar-refractivity contribution is 0.443. The van der Waals surface area contributed by atoms with E-state index in [1.54, 1.807) is 10.1 Å². The van der Waals surface area contributed by atoms with Crippen LogP contribution < -0.4 is 5.56 Å². The topological polar surface area (TPSA) is 58.7 Å². The van der Waals surface area contributed by atoms with Crippen molar-refractivity contribution in [3.05, 3.63) is 153 Å². The first kappa shape index (κ1) is 29.3. The summed E-state index contributed by atoms with van der Waals surface area (Å²) in [6.45, 7) is 1.91. The SMILES string of the molecule is Cc1nc(C2CC2)c(Cc2ccc(-c3ccccc3C#N)cc2)c(=O)n1-c1ccccc1.c1ccc(C2CCCCC2)cc1. The minimum atomic E-state index is 0.0181. The minimum absolute atomic E-state index is 0.0181. The van der Waals surface area contributed by atoms with Gasteiger partial charge in [-0.25, -0.2) is 4.98 Å². The van der Waals surface area contributed by atoms with Crippen LogP contribution in [0.5, 0.6) is 0 Å². The van der Waals surface area contributed by atoms with Crippen LogP contribution in [0.15, 0.2) is 114 Å². The van der Waals surface area contributed by atoms with E-state index in [4.69, 9.17) is 4.98 Å². The molecule has 5 aromatic rings. The lowest BCUT2D eigenvalue weighted by Gasteiger charge is -2.21. The zero-order chi connectivity index (χ0) is 30.3. The Balaban J connectivity index is 0.000000238. The minimum Gasteiger partial charge on any atom is -0.269 e. The van der Waals surface area contributed by atoms with Crippen LogP contribution in [0.4, 0.5) is 0 Å². The number of benzene rings is 4. The fourth-order valence-electron chi connectivity index (χ4n) is 6.42. The molecule has 220 valence electrons. The van der Waals surface area contributed by atoms with E-state index in [1.165, 1.54) is 32.1 Å². The third-order valence-electron chi connectivity index (χ3n) is 8.92. The number of hydrogen-bond donors (Lipinski definition) is 0. The van der Waals surface area contributed by atoms with Gasteiger partial charge in [0.1, 0.15) is 5.82 Å². The van der Waals surface area contributed by atoms with Gasteiger partial charge in [0.05, 0.1) is 23.0 Å². The van der Waals surface area contributed by atoms with Gasteiger partial charge in [0, 0.05) is 17.9 Å². The predicted octanol–water partition coefficient (Wildman–Crippen LogP) is 9.28. The van der Waals surface area contributed by atoms with Crippen LogP contribution in [0, 0.1) is 18.3 Å². The van der Waals surface area contributed by atoms with Crippen molar-refractivity contribution in [3.63, 3.8) is 0 Å². The lowest BCUT2D eigenvalue weighted by Crippen LogP contribution is -2.28. The van der Waals surface area contributed by atoms with Gasteiger partial charge < -0.3 is 0 Å². The Morgan fingerprint density at radius 3 is 2.05 bits per heavy atom. The molecule has 4 heteroatoms. The Kier molecular flexibility index (Phi) is 9.13. The molecule has 2 aliphatic carbocycles. The second kappa shape index (κ2) is 13.7. The van der Waals surface area contributed by atoms with Crippen LogP contribution in [0.1, 0.15) is 90.6 Å². The maximum Gasteiger partial charge on any atom is 0.261 e. The van der Waals surface area contributed by atoms with Crippen molar-refractivity contribution < 1.29 is 0 Å². The molecule has 0 amide bonds. The summed E-state index contributed by atoms with van der Waals surface area (Å²) < 4.78 is 1.72. The van der Waals surface area contributed by atoms with Crippen LogP contribution in [-0.2, 0) is 6.42 Å². The number of para-hydroxylation sites is 1. The molecule has 0 radical (unpaired) electrons. The van der Waals surface area contributed by atoms with Crippen LogP contribution in [0.2, 0.25) is 0 Å². The maximum atomic E-state index is 13.6. The molecular formula is C40H39N3O. The second-order valence-corrected chi connectivity index (χ2v) is 12.0. The van der Waals surface area contributed by atoms with E-state index in [-0.39, 0.29) is 5.56 Å². The van der Waals surface area contributed by atoms with Crippen molar-refractivity contribution in [2.24, 2.45) is 0 Å². The van der Waals surface area contributed by atoms with Gasteiger partial charge in [0.15, 0.2) is 0 Å². The van der Waals surface area contributed by atoms with Crippen molar-refractivity contribution in [2.45, 2.75) is 70.1 Å². The molecule has 44 heavy (non-hydrogen) atoms. The van der Waals surface area contributed by atoms with Crippen LogP contribution in [-0.4, -0.2) is 9.55 Å². The van der Waals surface area contributed by atoms with Crippen LogP contribution in [0.3, 0.4) is 0 Å². The molecule has 1 heterocycles. The molecule has 0 bridgehead atoms. The third kappa shape index (κ3) is 6.74. The van der Waals surface area contributed by atoms with Gasteiger partial charge in [-0.1, -0.05) is 110 Å². The summed E-state index contributed by atoms with van der Waals surface area (Å²) in [6, 6.07) is 38.7. The zero-order valence-corrected chi connectivity index (χ0v) is 25.5. The predicted molar refractivity (Wildman–Crippen MR) is 178 cm³/mol. The Labute approximate surface area is 260 Å². The third-order valence-corrected chi connectivity index (χ3v) is 8.92. The summed E-state index contributed by atoms with van der Waals surface area (Å²) in [4.78, 5) is 18.5. The first-order valence-electron chi connectivity index (χ1n) is 15.9. The quantitative estimate of drug-likeness (QED) is 0.202. The van der Waals surface area contributed by atoms with Gasteiger partial charge in [0.2, 0.25) is 0 Å². The van der Waals surface area contributed by atoms with E-state index in [2.05, 4.69) is 36.4 Å². The maximum absolute atomic E-state index is 13.6. The highest BCUT2D eigenvalue weighted by molar-refractivity contribution is 5.70. The first-order valence-corrected chi connectivity index (χ1v) is 15.9. The average molecular weight is 578 g/mol.